The zero-order valence-corrected chi connectivity index (χ0v) is 25.3. The molecule has 7 nitrogen and oxygen atoms in total. The number of nitrogens with one attached hydrogen (secondary N) is 1. The Hall–Kier alpha value is -1.29. The van der Waals surface area contributed by atoms with Crippen LogP contribution in [-0.2, 0) is 19.7 Å². The van der Waals surface area contributed by atoms with E-state index in [-0.39, 0.29) is 44.9 Å². The molecule has 4 aliphatic carbocycles. The Labute approximate surface area is 237 Å². The number of aliphatic hydroxyl groups excluding tert-OH is 1. The molecule has 5 rings (SSSR count). The van der Waals surface area contributed by atoms with Crippen molar-refractivity contribution in [3.8, 4) is 0 Å². The number of Topliss-reactive ketones (excluding diaryl/α,β-unsaturated/α-hetero) is 1. The van der Waals surface area contributed by atoms with E-state index in [4.69, 9.17) is 0 Å². The lowest BCUT2D eigenvalue weighted by atomic mass is 9.44. The van der Waals surface area contributed by atoms with Crippen molar-refractivity contribution in [3.05, 3.63) is 17.0 Å². The van der Waals surface area contributed by atoms with Crippen LogP contribution in [0.5, 0.6) is 0 Å². The molecule has 0 aromatic carbocycles. The minimum Gasteiger partial charge on any atom is -0.393 e. The second-order valence-corrected chi connectivity index (χ2v) is 16.4. The van der Waals surface area contributed by atoms with Crippen molar-refractivity contribution in [2.24, 2.45) is 46.3 Å². The number of ketones is 1. The van der Waals surface area contributed by atoms with Gasteiger partial charge in [0.2, 0.25) is 5.91 Å². The maximum Gasteiger partial charge on any atom is 0.304 e. The molecule has 218 valence electrons. The van der Waals surface area contributed by atoms with Crippen molar-refractivity contribution >= 4 is 33.1 Å². The Bertz CT molecular complexity index is 1210. The van der Waals surface area contributed by atoms with Crippen LogP contribution in [0.25, 0.3) is 0 Å². The number of fused-ring (bicyclic) bond motifs is 5. The van der Waals surface area contributed by atoms with E-state index in [0.717, 1.165) is 54.7 Å². The van der Waals surface area contributed by atoms with Crippen LogP contribution in [0, 0.1) is 46.3 Å². The van der Waals surface area contributed by atoms with Crippen molar-refractivity contribution < 1.29 is 27.7 Å². The number of carbonyl (C=O) groups excluding carboxylic acids is 2. The van der Waals surface area contributed by atoms with Gasteiger partial charge in [-0.05, 0) is 103 Å². The molecule has 0 bridgehead atoms. The lowest BCUT2D eigenvalue weighted by Crippen LogP contribution is -2.58. The van der Waals surface area contributed by atoms with Gasteiger partial charge < -0.3 is 10.4 Å². The number of carbonyl (C=O) groups is 2. The fraction of sp³-hybridized carbons (Fsp3) is 0.800. The topological polar surface area (TPSA) is 121 Å². The highest BCUT2D eigenvalue weighted by Crippen LogP contribution is 2.68. The first-order valence-electron chi connectivity index (χ1n) is 14.8. The average Bonchev–Trinajstić information content (AvgIpc) is 3.48. The summed E-state index contributed by atoms with van der Waals surface area (Å²) in [5.41, 5.74) is 0.243. The number of hydrogen-bond donors (Lipinski definition) is 3. The molecule has 4 saturated carbocycles. The third kappa shape index (κ3) is 5.15. The van der Waals surface area contributed by atoms with E-state index >= 15 is 0 Å². The number of aliphatic hydroxyl groups is 1. The van der Waals surface area contributed by atoms with Crippen LogP contribution >= 0.6 is 11.3 Å². The molecule has 0 radical (unpaired) electrons. The van der Waals surface area contributed by atoms with Crippen molar-refractivity contribution in [2.75, 3.05) is 0 Å². The maximum atomic E-state index is 13.2. The molecular formula is C30H45NO6S2. The van der Waals surface area contributed by atoms with Gasteiger partial charge in [0.05, 0.1) is 12.1 Å². The van der Waals surface area contributed by atoms with Crippen molar-refractivity contribution in [3.63, 3.8) is 0 Å². The first-order chi connectivity index (χ1) is 18.3. The van der Waals surface area contributed by atoms with E-state index in [1.54, 1.807) is 6.07 Å². The second kappa shape index (κ2) is 10.5. The molecule has 1 heterocycles. The molecule has 4 aliphatic rings. The molecule has 9 heteroatoms. The van der Waals surface area contributed by atoms with Crippen molar-refractivity contribution in [2.45, 2.75) is 108 Å². The first-order valence-corrected chi connectivity index (χ1v) is 17.1. The molecule has 1 aromatic heterocycles. The van der Waals surface area contributed by atoms with Crippen LogP contribution in [0.2, 0.25) is 0 Å². The summed E-state index contributed by atoms with van der Waals surface area (Å²) in [4.78, 5) is 26.1. The summed E-state index contributed by atoms with van der Waals surface area (Å²) >= 11 is 0.996. The predicted octanol–water partition coefficient (Wildman–Crippen LogP) is 5.79. The molecule has 1 unspecified atom stereocenters. The highest BCUT2D eigenvalue weighted by atomic mass is 32.3. The van der Waals surface area contributed by atoms with Gasteiger partial charge in [-0.2, -0.15) is 8.42 Å². The third-order valence-electron chi connectivity index (χ3n) is 11.7. The Morgan fingerprint density at radius 2 is 1.87 bits per heavy atom. The summed E-state index contributed by atoms with van der Waals surface area (Å²) in [6.45, 7) is 8.94. The Kier molecular flexibility index (Phi) is 7.88. The monoisotopic (exact) mass is 579 g/mol. The summed E-state index contributed by atoms with van der Waals surface area (Å²) in [6.07, 6.45) is 8.10. The fourth-order valence-corrected chi connectivity index (χ4v) is 11.5. The summed E-state index contributed by atoms with van der Waals surface area (Å²) in [5.74, 6) is 2.45. The average molecular weight is 580 g/mol. The summed E-state index contributed by atoms with van der Waals surface area (Å²) in [5, 5.41) is 14.5. The summed E-state index contributed by atoms with van der Waals surface area (Å²) in [6, 6.07) is 2.76. The molecule has 0 aliphatic heterocycles. The highest BCUT2D eigenvalue weighted by Gasteiger charge is 2.63. The summed E-state index contributed by atoms with van der Waals surface area (Å²) < 4.78 is 32.2. The Morgan fingerprint density at radius 3 is 2.54 bits per heavy atom. The van der Waals surface area contributed by atoms with E-state index in [9.17, 15) is 27.7 Å². The van der Waals surface area contributed by atoms with Gasteiger partial charge in [0.1, 0.15) is 9.99 Å². The summed E-state index contributed by atoms with van der Waals surface area (Å²) in [7, 11) is -4.25. The molecular weight excluding hydrogens is 534 g/mol. The van der Waals surface area contributed by atoms with Gasteiger partial charge in [0, 0.05) is 24.1 Å². The van der Waals surface area contributed by atoms with Gasteiger partial charge in [-0.25, -0.2) is 0 Å². The zero-order chi connectivity index (χ0) is 28.3. The molecule has 0 spiro atoms. The number of amides is 1. The van der Waals surface area contributed by atoms with Crippen LogP contribution < -0.4 is 5.32 Å². The zero-order valence-electron chi connectivity index (χ0n) is 23.7. The maximum absolute atomic E-state index is 13.2. The van der Waals surface area contributed by atoms with Gasteiger partial charge in [-0.3, -0.25) is 14.1 Å². The molecule has 0 saturated heterocycles. The molecule has 1 amide bonds. The third-order valence-corrected chi connectivity index (χ3v) is 14.2. The molecule has 4 fully saturated rings. The minimum absolute atomic E-state index is 0.0307. The van der Waals surface area contributed by atoms with Crippen LogP contribution in [0.15, 0.2) is 16.3 Å². The number of rotatable bonds is 7. The number of hydrogen-bond acceptors (Lipinski definition) is 6. The second-order valence-electron chi connectivity index (χ2n) is 13.6. The lowest BCUT2D eigenvalue weighted by Gasteiger charge is -2.61. The Balaban J connectivity index is 1.26. The fourth-order valence-electron chi connectivity index (χ4n) is 9.71. The van der Waals surface area contributed by atoms with E-state index in [1.165, 1.54) is 6.07 Å². The normalized spacial score (nSPS) is 39.8. The largest absolute Gasteiger partial charge is 0.393 e. The molecule has 10 atom stereocenters. The quantitative estimate of drug-likeness (QED) is 0.352. The van der Waals surface area contributed by atoms with Crippen LogP contribution in [0.4, 0.5) is 0 Å². The van der Waals surface area contributed by atoms with Crippen LogP contribution in [-0.4, -0.2) is 35.9 Å². The minimum atomic E-state index is -4.25. The van der Waals surface area contributed by atoms with Gasteiger partial charge in [-0.1, -0.05) is 27.7 Å². The van der Waals surface area contributed by atoms with Gasteiger partial charge in [-0.15, -0.1) is 11.3 Å². The SMILES string of the molecule is CCC(NC(=O)C[C@@H](C)[C@H]1CC[C@H]2[C@@H]3[C@H](O)C[C@@H]4CC(=O)CC[C@]4(C)[C@H]3CC[C@]12C)c1ccc(S(=O)(=O)O)s1. The smallest absolute Gasteiger partial charge is 0.304 e. The molecule has 3 N–H and O–H groups in total. The van der Waals surface area contributed by atoms with E-state index in [0.29, 0.717) is 55.1 Å². The van der Waals surface area contributed by atoms with Crippen LogP contribution in [0.1, 0.15) is 103 Å². The van der Waals surface area contributed by atoms with E-state index in [2.05, 4.69) is 26.1 Å². The highest BCUT2D eigenvalue weighted by molar-refractivity contribution is 7.88. The van der Waals surface area contributed by atoms with E-state index in [1.807, 2.05) is 6.92 Å². The van der Waals surface area contributed by atoms with Gasteiger partial charge in [0.15, 0.2) is 0 Å². The predicted molar refractivity (Wildman–Crippen MR) is 151 cm³/mol. The van der Waals surface area contributed by atoms with Crippen molar-refractivity contribution in [1.29, 1.82) is 0 Å². The van der Waals surface area contributed by atoms with Crippen molar-refractivity contribution in [1.82, 2.24) is 5.32 Å². The molecule has 39 heavy (non-hydrogen) atoms. The van der Waals surface area contributed by atoms with Gasteiger partial charge >= 0.3 is 10.1 Å². The van der Waals surface area contributed by atoms with E-state index < -0.39 is 10.1 Å². The van der Waals surface area contributed by atoms with Crippen LogP contribution in [0.3, 0.4) is 0 Å². The Morgan fingerprint density at radius 1 is 1.15 bits per heavy atom. The number of thiophene rings is 1. The first kappa shape index (κ1) is 29.2. The standard InChI is InChI=1S/C30H45NO6S2/c1-5-23(25-8-9-27(38-25)39(35,36)37)31-26(34)14-17(2)20-6-7-21-28-22(11-13-30(20,21)4)29(3)12-10-19(32)15-18(29)16-24(28)33/h8-9,17-18,20-24,28,33H,5-7,10-16H2,1-4H3,(H,31,34)(H,35,36,37)/t17-,18+,20-,21+,22+,23?,24-,28+,29+,30-/m1/s1. The van der Waals surface area contributed by atoms with Gasteiger partial charge in [0.25, 0.3) is 0 Å². The lowest BCUT2D eigenvalue weighted by molar-refractivity contribution is -0.169. The molecule has 1 aromatic rings.